The fourth-order valence-electron chi connectivity index (χ4n) is 2.41. The molecule has 0 unspecified atom stereocenters. The third kappa shape index (κ3) is 3.61. The molecule has 4 heteroatoms. The standard InChI is InChI=1S/C14H20ClNO2/c1-16(9-11-5-7-18-8-6-11)10-12-13(15)3-2-4-14(12)17/h2-4,11,17H,5-10H2,1H3. The first-order chi connectivity index (χ1) is 8.66. The fourth-order valence-corrected chi connectivity index (χ4v) is 2.64. The number of hydrogen-bond donors (Lipinski definition) is 1. The molecule has 0 bridgehead atoms. The number of phenols is 1. The van der Waals surface area contributed by atoms with Crippen LogP contribution in [0.4, 0.5) is 0 Å². The van der Waals surface area contributed by atoms with Crippen molar-refractivity contribution >= 4 is 11.6 Å². The Labute approximate surface area is 113 Å². The largest absolute Gasteiger partial charge is 0.508 e. The number of phenolic OH excluding ortho intramolecular Hbond substituents is 1. The number of aromatic hydroxyl groups is 1. The van der Waals surface area contributed by atoms with Crippen molar-refractivity contribution in [1.82, 2.24) is 4.90 Å². The van der Waals surface area contributed by atoms with Crippen molar-refractivity contribution in [3.63, 3.8) is 0 Å². The molecule has 0 aromatic heterocycles. The Morgan fingerprint density at radius 2 is 2.11 bits per heavy atom. The van der Waals surface area contributed by atoms with Crippen LogP contribution in [0.3, 0.4) is 0 Å². The lowest BCUT2D eigenvalue weighted by Gasteiger charge is -2.27. The Hall–Kier alpha value is -0.770. The normalized spacial score (nSPS) is 17.3. The van der Waals surface area contributed by atoms with Gasteiger partial charge in [0.25, 0.3) is 0 Å². The van der Waals surface area contributed by atoms with Crippen LogP contribution in [0, 0.1) is 5.92 Å². The molecule has 0 radical (unpaired) electrons. The van der Waals surface area contributed by atoms with Crippen LogP contribution < -0.4 is 0 Å². The zero-order valence-electron chi connectivity index (χ0n) is 10.7. The monoisotopic (exact) mass is 269 g/mol. The molecule has 1 aliphatic rings. The van der Waals surface area contributed by atoms with Gasteiger partial charge in [-0.1, -0.05) is 17.7 Å². The zero-order chi connectivity index (χ0) is 13.0. The number of rotatable bonds is 4. The first kappa shape index (κ1) is 13.7. The highest BCUT2D eigenvalue weighted by atomic mass is 35.5. The molecule has 18 heavy (non-hydrogen) atoms. The van der Waals surface area contributed by atoms with Gasteiger partial charge in [-0.2, -0.15) is 0 Å². The molecule has 1 fully saturated rings. The van der Waals surface area contributed by atoms with Crippen LogP contribution in [-0.2, 0) is 11.3 Å². The van der Waals surface area contributed by atoms with Gasteiger partial charge >= 0.3 is 0 Å². The number of halogens is 1. The summed E-state index contributed by atoms with van der Waals surface area (Å²) < 4.78 is 5.36. The van der Waals surface area contributed by atoms with Gasteiger partial charge in [-0.3, -0.25) is 0 Å². The average Bonchev–Trinajstić information content (AvgIpc) is 2.35. The van der Waals surface area contributed by atoms with E-state index in [-0.39, 0.29) is 5.75 Å². The fraction of sp³-hybridized carbons (Fsp3) is 0.571. The second-order valence-electron chi connectivity index (χ2n) is 4.99. The molecule has 1 aliphatic heterocycles. The van der Waals surface area contributed by atoms with E-state index in [9.17, 15) is 5.11 Å². The summed E-state index contributed by atoms with van der Waals surface area (Å²) >= 11 is 6.11. The summed E-state index contributed by atoms with van der Waals surface area (Å²) in [5, 5.41) is 10.4. The lowest BCUT2D eigenvalue weighted by Crippen LogP contribution is -2.29. The molecule has 0 atom stereocenters. The van der Waals surface area contributed by atoms with E-state index < -0.39 is 0 Å². The van der Waals surface area contributed by atoms with Crippen molar-refractivity contribution in [3.8, 4) is 5.75 Å². The van der Waals surface area contributed by atoms with Crippen LogP contribution >= 0.6 is 11.6 Å². The first-order valence-electron chi connectivity index (χ1n) is 6.39. The van der Waals surface area contributed by atoms with Gasteiger partial charge in [0.1, 0.15) is 5.75 Å². The third-order valence-corrected chi connectivity index (χ3v) is 3.79. The summed E-state index contributed by atoms with van der Waals surface area (Å²) in [6, 6.07) is 5.27. The maximum absolute atomic E-state index is 9.81. The van der Waals surface area contributed by atoms with Gasteiger partial charge in [0.05, 0.1) is 0 Å². The van der Waals surface area contributed by atoms with Crippen LogP contribution in [0.25, 0.3) is 0 Å². The molecule has 2 rings (SSSR count). The molecule has 0 amide bonds. The summed E-state index contributed by atoms with van der Waals surface area (Å²) in [7, 11) is 2.07. The highest BCUT2D eigenvalue weighted by molar-refractivity contribution is 6.31. The third-order valence-electron chi connectivity index (χ3n) is 3.43. The van der Waals surface area contributed by atoms with Crippen molar-refractivity contribution in [2.24, 2.45) is 5.92 Å². The molecule has 1 aromatic carbocycles. The quantitative estimate of drug-likeness (QED) is 0.912. The molecule has 0 aliphatic carbocycles. The van der Waals surface area contributed by atoms with Crippen LogP contribution in [0.15, 0.2) is 18.2 Å². The average molecular weight is 270 g/mol. The van der Waals surface area contributed by atoms with Crippen molar-refractivity contribution in [3.05, 3.63) is 28.8 Å². The Bertz CT molecular complexity index is 371. The van der Waals surface area contributed by atoms with E-state index in [0.29, 0.717) is 17.5 Å². The number of hydrogen-bond acceptors (Lipinski definition) is 3. The molecule has 3 nitrogen and oxygen atoms in total. The maximum atomic E-state index is 9.81. The van der Waals surface area contributed by atoms with E-state index in [1.165, 1.54) is 0 Å². The molecule has 1 N–H and O–H groups in total. The topological polar surface area (TPSA) is 32.7 Å². The predicted octanol–water partition coefficient (Wildman–Crippen LogP) is 2.90. The smallest absolute Gasteiger partial charge is 0.121 e. The molecule has 1 aromatic rings. The highest BCUT2D eigenvalue weighted by Gasteiger charge is 2.17. The summed E-state index contributed by atoms with van der Waals surface area (Å²) in [5.41, 5.74) is 0.814. The van der Waals surface area contributed by atoms with Gasteiger partial charge in [-0.15, -0.1) is 0 Å². The number of ether oxygens (including phenoxy) is 1. The van der Waals surface area contributed by atoms with Gasteiger partial charge in [0, 0.05) is 36.9 Å². The van der Waals surface area contributed by atoms with Gasteiger partial charge in [-0.05, 0) is 37.9 Å². The second kappa shape index (κ2) is 6.41. The number of benzene rings is 1. The van der Waals surface area contributed by atoms with E-state index in [4.69, 9.17) is 16.3 Å². The van der Waals surface area contributed by atoms with Crippen molar-refractivity contribution in [1.29, 1.82) is 0 Å². The Kier molecular flexibility index (Phi) is 4.87. The van der Waals surface area contributed by atoms with E-state index >= 15 is 0 Å². The molecule has 0 saturated carbocycles. The van der Waals surface area contributed by atoms with E-state index in [1.54, 1.807) is 12.1 Å². The lowest BCUT2D eigenvalue weighted by molar-refractivity contribution is 0.0549. The summed E-state index contributed by atoms with van der Waals surface area (Å²) in [4.78, 5) is 2.22. The lowest BCUT2D eigenvalue weighted by atomic mass is 9.99. The van der Waals surface area contributed by atoms with Crippen LogP contribution in [0.1, 0.15) is 18.4 Å². The summed E-state index contributed by atoms with van der Waals surface area (Å²) in [6.45, 7) is 3.45. The van der Waals surface area contributed by atoms with Gasteiger partial charge in [-0.25, -0.2) is 0 Å². The minimum atomic E-state index is 0.279. The summed E-state index contributed by atoms with van der Waals surface area (Å²) in [6.07, 6.45) is 2.25. The summed E-state index contributed by atoms with van der Waals surface area (Å²) in [5.74, 6) is 0.967. The molecular formula is C14H20ClNO2. The van der Waals surface area contributed by atoms with Crippen LogP contribution in [0.2, 0.25) is 5.02 Å². The predicted molar refractivity (Wildman–Crippen MR) is 73.0 cm³/mol. The van der Waals surface area contributed by atoms with Crippen molar-refractivity contribution in [2.75, 3.05) is 26.8 Å². The van der Waals surface area contributed by atoms with Gasteiger partial charge < -0.3 is 14.7 Å². The molecule has 0 spiro atoms. The van der Waals surface area contributed by atoms with Crippen LogP contribution in [-0.4, -0.2) is 36.8 Å². The Morgan fingerprint density at radius 3 is 2.78 bits per heavy atom. The minimum absolute atomic E-state index is 0.279. The molecular weight excluding hydrogens is 250 g/mol. The molecule has 1 saturated heterocycles. The van der Waals surface area contributed by atoms with Gasteiger partial charge in [0.15, 0.2) is 0 Å². The number of nitrogens with zero attached hydrogens (tertiary/aromatic N) is 1. The molecule has 100 valence electrons. The van der Waals surface area contributed by atoms with Crippen molar-refractivity contribution < 1.29 is 9.84 Å². The van der Waals surface area contributed by atoms with E-state index in [0.717, 1.165) is 38.2 Å². The van der Waals surface area contributed by atoms with Crippen LogP contribution in [0.5, 0.6) is 5.75 Å². The Balaban J connectivity index is 1.92. The van der Waals surface area contributed by atoms with E-state index in [1.807, 2.05) is 6.07 Å². The Morgan fingerprint density at radius 1 is 1.39 bits per heavy atom. The maximum Gasteiger partial charge on any atom is 0.121 e. The SMILES string of the molecule is CN(Cc1c(O)cccc1Cl)CC1CCOCC1. The second-order valence-corrected chi connectivity index (χ2v) is 5.40. The van der Waals surface area contributed by atoms with E-state index in [2.05, 4.69) is 11.9 Å². The first-order valence-corrected chi connectivity index (χ1v) is 6.77. The minimum Gasteiger partial charge on any atom is -0.508 e. The molecule has 1 heterocycles. The van der Waals surface area contributed by atoms with Crippen molar-refractivity contribution in [2.45, 2.75) is 19.4 Å². The zero-order valence-corrected chi connectivity index (χ0v) is 11.5. The highest BCUT2D eigenvalue weighted by Crippen LogP contribution is 2.27. The van der Waals surface area contributed by atoms with Gasteiger partial charge in [0.2, 0.25) is 0 Å².